The third-order valence-corrected chi connectivity index (χ3v) is 4.84. The number of likely N-dealkylation sites (tertiary alicyclic amines) is 1. The normalized spacial score (nSPS) is 21.4. The number of ether oxygens (including phenoxy) is 2. The Morgan fingerprint density at radius 3 is 2.60 bits per heavy atom. The molecule has 108 valence electrons. The maximum atomic E-state index is 11.7. The monoisotopic (exact) mass is 359 g/mol. The maximum absolute atomic E-state index is 11.7. The molecule has 0 aliphatic carbocycles. The summed E-state index contributed by atoms with van der Waals surface area (Å²) in [5, 5.41) is -0.281. The number of amides is 1. The average molecular weight is 360 g/mol. The fraction of sp³-hybridized carbons (Fsp3) is 0.385. The van der Waals surface area contributed by atoms with Crippen LogP contribution in [0.3, 0.4) is 0 Å². The number of hydrogen-bond acceptors (Lipinski definition) is 5. The average Bonchev–Trinajstić information content (AvgIpc) is 2.49. The minimum Gasteiger partial charge on any atom is -0.497 e. The van der Waals surface area contributed by atoms with Crippen LogP contribution >= 0.6 is 28.6 Å². The van der Waals surface area contributed by atoms with Crippen molar-refractivity contribution in [1.29, 1.82) is 0 Å². The van der Waals surface area contributed by atoms with E-state index in [0.717, 1.165) is 11.3 Å². The van der Waals surface area contributed by atoms with Crippen LogP contribution in [-0.2, 0) is 20.9 Å². The molecule has 0 saturated carbocycles. The van der Waals surface area contributed by atoms with Crippen LogP contribution in [-0.4, -0.2) is 40.6 Å². The van der Waals surface area contributed by atoms with E-state index in [1.54, 1.807) is 19.2 Å². The molecule has 0 unspecified atom stereocenters. The van der Waals surface area contributed by atoms with Crippen molar-refractivity contribution in [2.75, 3.05) is 13.7 Å². The third kappa shape index (κ3) is 3.27. The fourth-order valence-corrected chi connectivity index (χ4v) is 2.61. The Balaban J connectivity index is 1.79. The van der Waals surface area contributed by atoms with E-state index in [1.807, 2.05) is 12.1 Å². The fourth-order valence-electron chi connectivity index (χ4n) is 1.73. The van der Waals surface area contributed by atoms with Crippen molar-refractivity contribution in [3.63, 3.8) is 0 Å². The number of hydrogen-bond donors (Lipinski definition) is 1. The number of nitrogens with zero attached hydrogens (tertiary/aromatic N) is 1. The first kappa shape index (κ1) is 15.2. The van der Waals surface area contributed by atoms with E-state index in [1.165, 1.54) is 4.90 Å². The number of benzene rings is 1. The second kappa shape index (κ2) is 6.49. The topological polar surface area (TPSA) is 55.8 Å². The first-order valence-electron chi connectivity index (χ1n) is 5.94. The summed E-state index contributed by atoms with van der Waals surface area (Å²) in [6.45, 7) is 0.0884. The minimum absolute atomic E-state index is 0.0781. The van der Waals surface area contributed by atoms with Gasteiger partial charge in [-0.1, -0.05) is 28.1 Å². The van der Waals surface area contributed by atoms with Crippen LogP contribution in [0.15, 0.2) is 24.3 Å². The summed E-state index contributed by atoms with van der Waals surface area (Å²) in [5.74, 6) is 0.145. The number of β-lactam (4-membered cyclic amide) rings is 1. The summed E-state index contributed by atoms with van der Waals surface area (Å²) in [5.41, 5.74) is 0.856. The molecule has 1 fully saturated rings. The van der Waals surface area contributed by atoms with Gasteiger partial charge < -0.3 is 14.4 Å². The number of thiol groups is 1. The predicted molar refractivity (Wildman–Crippen MR) is 80.0 cm³/mol. The van der Waals surface area contributed by atoms with Gasteiger partial charge in [0.05, 0.1) is 12.5 Å². The molecule has 0 bridgehead atoms. The number of alkyl halides is 1. The lowest BCUT2D eigenvalue weighted by molar-refractivity contribution is -0.154. The van der Waals surface area contributed by atoms with Crippen molar-refractivity contribution in [3.8, 4) is 5.75 Å². The first-order valence-corrected chi connectivity index (χ1v) is 7.37. The molecule has 1 amide bonds. The van der Waals surface area contributed by atoms with Crippen molar-refractivity contribution in [3.05, 3.63) is 29.8 Å². The van der Waals surface area contributed by atoms with Gasteiger partial charge in [0.25, 0.3) is 0 Å². The summed E-state index contributed by atoms with van der Waals surface area (Å²) in [6, 6.07) is 7.22. The van der Waals surface area contributed by atoms with Gasteiger partial charge in [-0.25, -0.2) is 0 Å². The van der Waals surface area contributed by atoms with Crippen LogP contribution in [0.1, 0.15) is 5.56 Å². The highest BCUT2D eigenvalue weighted by molar-refractivity contribution is 9.10. The molecule has 0 aromatic heterocycles. The number of esters is 1. The van der Waals surface area contributed by atoms with Gasteiger partial charge in [0.1, 0.15) is 23.7 Å². The Morgan fingerprint density at radius 2 is 2.05 bits per heavy atom. The van der Waals surface area contributed by atoms with Crippen LogP contribution in [0.2, 0.25) is 0 Å². The molecule has 1 heterocycles. The second-order valence-corrected chi connectivity index (χ2v) is 5.81. The van der Waals surface area contributed by atoms with Crippen LogP contribution in [0, 0.1) is 0 Å². The molecule has 7 heteroatoms. The molecule has 0 spiro atoms. The number of halogens is 1. The van der Waals surface area contributed by atoms with Gasteiger partial charge >= 0.3 is 5.97 Å². The van der Waals surface area contributed by atoms with Gasteiger partial charge in [0.15, 0.2) is 0 Å². The largest absolute Gasteiger partial charge is 0.497 e. The zero-order valence-corrected chi connectivity index (χ0v) is 13.3. The molecule has 2 atom stereocenters. The van der Waals surface area contributed by atoms with Crippen molar-refractivity contribution >= 4 is 40.4 Å². The van der Waals surface area contributed by atoms with E-state index in [9.17, 15) is 9.59 Å². The molecule has 2 rings (SSSR count). The maximum Gasteiger partial charge on any atom is 0.326 e. The highest BCUT2D eigenvalue weighted by Crippen LogP contribution is 2.29. The Bertz CT molecular complexity index is 508. The summed E-state index contributed by atoms with van der Waals surface area (Å²) >= 11 is 7.38. The number of methoxy groups -OCH3 is 1. The van der Waals surface area contributed by atoms with E-state index in [2.05, 4.69) is 28.6 Å². The third-order valence-electron chi connectivity index (χ3n) is 2.96. The lowest BCUT2D eigenvalue weighted by atomic mass is 10.2. The molecule has 20 heavy (non-hydrogen) atoms. The Hall–Kier alpha value is -1.21. The van der Waals surface area contributed by atoms with Crippen LogP contribution in [0.25, 0.3) is 0 Å². The lowest BCUT2D eigenvalue weighted by Crippen LogP contribution is -2.60. The summed E-state index contributed by atoms with van der Waals surface area (Å²) < 4.78 is 10.2. The molecular weight excluding hydrogens is 346 g/mol. The van der Waals surface area contributed by atoms with Gasteiger partial charge in [-0.05, 0) is 17.7 Å². The molecule has 0 N–H and O–H groups in total. The Labute approximate surface area is 130 Å². The highest BCUT2D eigenvalue weighted by Gasteiger charge is 2.44. The van der Waals surface area contributed by atoms with Crippen molar-refractivity contribution in [1.82, 2.24) is 4.90 Å². The molecule has 1 saturated heterocycles. The molecular formula is C13H14BrNO4S. The van der Waals surface area contributed by atoms with E-state index in [0.29, 0.717) is 0 Å². The van der Waals surface area contributed by atoms with Gasteiger partial charge in [-0.15, -0.1) is 0 Å². The van der Waals surface area contributed by atoms with Crippen molar-refractivity contribution < 1.29 is 19.1 Å². The smallest absolute Gasteiger partial charge is 0.326 e. The quantitative estimate of drug-likeness (QED) is 0.375. The van der Waals surface area contributed by atoms with E-state index < -0.39 is 5.97 Å². The zero-order valence-electron chi connectivity index (χ0n) is 10.8. The van der Waals surface area contributed by atoms with Gasteiger partial charge in [0.2, 0.25) is 5.91 Å². The van der Waals surface area contributed by atoms with Gasteiger partial charge in [0, 0.05) is 0 Å². The molecule has 0 radical (unpaired) electrons. The molecule has 5 nitrogen and oxygen atoms in total. The Morgan fingerprint density at radius 1 is 1.40 bits per heavy atom. The second-order valence-electron chi connectivity index (χ2n) is 4.29. The number of carbonyl (C=O) groups excluding carboxylic acids is 2. The number of carbonyl (C=O) groups is 2. The summed E-state index contributed by atoms with van der Waals surface area (Å²) in [6.07, 6.45) is 0. The van der Waals surface area contributed by atoms with Gasteiger partial charge in [-0.3, -0.25) is 9.59 Å². The standard InChI is InChI=1S/C13H14BrNO4S/c1-18-9-4-2-8(3-5-9)7-19-10(16)6-15-12(17)11(14)13(15)20/h2-5,11,13,20H,6-7H2,1H3/t11-,13-/m1/s1. The van der Waals surface area contributed by atoms with Crippen molar-refractivity contribution in [2.24, 2.45) is 0 Å². The summed E-state index contributed by atoms with van der Waals surface area (Å²) in [4.78, 5) is 24.2. The van der Waals surface area contributed by atoms with Gasteiger partial charge in [-0.2, -0.15) is 12.6 Å². The van der Waals surface area contributed by atoms with Crippen molar-refractivity contribution in [2.45, 2.75) is 16.8 Å². The summed E-state index contributed by atoms with van der Waals surface area (Å²) in [7, 11) is 1.59. The van der Waals surface area contributed by atoms with E-state index in [-0.39, 0.29) is 29.3 Å². The van der Waals surface area contributed by atoms with Crippen LogP contribution in [0.4, 0.5) is 0 Å². The van der Waals surface area contributed by atoms with Crippen LogP contribution < -0.4 is 4.74 Å². The minimum atomic E-state index is -0.451. The van der Waals surface area contributed by atoms with Crippen LogP contribution in [0.5, 0.6) is 5.75 Å². The lowest BCUT2D eigenvalue weighted by Gasteiger charge is -2.40. The molecule has 1 aliphatic rings. The molecule has 1 aromatic carbocycles. The highest BCUT2D eigenvalue weighted by atomic mass is 79.9. The Kier molecular flexibility index (Phi) is 4.93. The molecule has 1 aromatic rings. The first-order chi connectivity index (χ1) is 9.52. The zero-order chi connectivity index (χ0) is 14.7. The molecule has 1 aliphatic heterocycles. The number of rotatable bonds is 5. The van der Waals surface area contributed by atoms with E-state index >= 15 is 0 Å². The predicted octanol–water partition coefficient (Wildman–Crippen LogP) is 1.60. The SMILES string of the molecule is COc1ccc(COC(=O)CN2C(=O)[C@@H](Br)[C@H]2S)cc1. The van der Waals surface area contributed by atoms with E-state index in [4.69, 9.17) is 9.47 Å².